The van der Waals surface area contributed by atoms with E-state index in [1.54, 1.807) is 22.2 Å². The number of aryl methyl sites for hydroxylation is 1. The van der Waals surface area contributed by atoms with E-state index in [0.29, 0.717) is 19.1 Å². The van der Waals surface area contributed by atoms with Crippen LogP contribution in [0.3, 0.4) is 0 Å². The van der Waals surface area contributed by atoms with E-state index in [2.05, 4.69) is 34.2 Å². The zero-order chi connectivity index (χ0) is 15.5. The summed E-state index contributed by atoms with van der Waals surface area (Å²) in [4.78, 5) is 12.5. The van der Waals surface area contributed by atoms with Crippen molar-refractivity contribution in [3.63, 3.8) is 0 Å². The van der Waals surface area contributed by atoms with Gasteiger partial charge in [-0.2, -0.15) is 16.4 Å². The standard InChI is InChI=1S/C16H21N3O2S/c1-11(12-4-6-22-10-12)7-17-16(20)14-3-5-21-15(14)13-8-18-19(2)9-13/h4,6,8-11,14-15H,3,5,7H2,1-2H3,(H,17,20)/t11-,14-,15+/m0/s1. The van der Waals surface area contributed by atoms with Gasteiger partial charge >= 0.3 is 0 Å². The molecule has 1 amide bonds. The quantitative estimate of drug-likeness (QED) is 0.921. The third kappa shape index (κ3) is 3.23. The highest BCUT2D eigenvalue weighted by atomic mass is 32.1. The largest absolute Gasteiger partial charge is 0.373 e. The van der Waals surface area contributed by atoms with Crippen molar-refractivity contribution in [1.29, 1.82) is 0 Å². The van der Waals surface area contributed by atoms with Gasteiger partial charge in [-0.25, -0.2) is 0 Å². The summed E-state index contributed by atoms with van der Waals surface area (Å²) in [6.07, 6.45) is 4.29. The number of carbonyl (C=O) groups excluding carboxylic acids is 1. The molecule has 3 heterocycles. The molecule has 1 fully saturated rings. The first-order valence-electron chi connectivity index (χ1n) is 7.55. The number of nitrogens with zero attached hydrogens (tertiary/aromatic N) is 2. The summed E-state index contributed by atoms with van der Waals surface area (Å²) in [7, 11) is 1.87. The molecule has 0 saturated carbocycles. The Bertz CT molecular complexity index is 623. The third-order valence-corrected chi connectivity index (χ3v) is 4.88. The molecule has 0 bridgehead atoms. The van der Waals surface area contributed by atoms with Crippen LogP contribution in [0.5, 0.6) is 0 Å². The molecule has 118 valence electrons. The van der Waals surface area contributed by atoms with E-state index in [4.69, 9.17) is 4.74 Å². The molecule has 5 nitrogen and oxygen atoms in total. The molecule has 0 aliphatic carbocycles. The number of thiophene rings is 1. The number of nitrogens with one attached hydrogen (secondary N) is 1. The number of carbonyl (C=O) groups is 1. The average molecular weight is 319 g/mol. The van der Waals surface area contributed by atoms with Gasteiger partial charge in [-0.1, -0.05) is 6.92 Å². The number of ether oxygens (including phenoxy) is 1. The number of hydrogen-bond donors (Lipinski definition) is 1. The van der Waals surface area contributed by atoms with Crippen molar-refractivity contribution in [2.45, 2.75) is 25.4 Å². The van der Waals surface area contributed by atoms with Crippen LogP contribution in [0.25, 0.3) is 0 Å². The van der Waals surface area contributed by atoms with E-state index in [9.17, 15) is 4.79 Å². The summed E-state index contributed by atoms with van der Waals surface area (Å²) >= 11 is 1.69. The lowest BCUT2D eigenvalue weighted by molar-refractivity contribution is -0.126. The van der Waals surface area contributed by atoms with Crippen LogP contribution in [0.1, 0.15) is 36.5 Å². The van der Waals surface area contributed by atoms with E-state index in [1.807, 2.05) is 13.2 Å². The molecule has 1 aliphatic rings. The fraction of sp³-hybridized carbons (Fsp3) is 0.500. The molecule has 0 radical (unpaired) electrons. The molecule has 22 heavy (non-hydrogen) atoms. The fourth-order valence-electron chi connectivity index (χ4n) is 2.83. The highest BCUT2D eigenvalue weighted by Crippen LogP contribution is 2.34. The van der Waals surface area contributed by atoms with Crippen molar-refractivity contribution in [1.82, 2.24) is 15.1 Å². The zero-order valence-electron chi connectivity index (χ0n) is 12.9. The van der Waals surface area contributed by atoms with Crippen LogP contribution in [0.4, 0.5) is 0 Å². The van der Waals surface area contributed by atoms with Gasteiger partial charge in [-0.05, 0) is 34.7 Å². The number of hydrogen-bond acceptors (Lipinski definition) is 4. The van der Waals surface area contributed by atoms with Crippen LogP contribution >= 0.6 is 11.3 Å². The van der Waals surface area contributed by atoms with E-state index < -0.39 is 0 Å². The molecular formula is C16H21N3O2S. The van der Waals surface area contributed by atoms with Crippen molar-refractivity contribution in [2.24, 2.45) is 13.0 Å². The summed E-state index contributed by atoms with van der Waals surface area (Å²) in [6, 6.07) is 2.11. The van der Waals surface area contributed by atoms with E-state index in [-0.39, 0.29) is 17.9 Å². The van der Waals surface area contributed by atoms with E-state index in [0.717, 1.165) is 12.0 Å². The fourth-order valence-corrected chi connectivity index (χ4v) is 3.61. The second-order valence-corrected chi connectivity index (χ2v) is 6.62. The minimum atomic E-state index is -0.176. The van der Waals surface area contributed by atoms with Crippen molar-refractivity contribution in [3.8, 4) is 0 Å². The van der Waals surface area contributed by atoms with Crippen molar-refractivity contribution in [2.75, 3.05) is 13.2 Å². The summed E-state index contributed by atoms with van der Waals surface area (Å²) in [5, 5.41) is 11.4. The number of rotatable bonds is 5. The second kappa shape index (κ2) is 6.62. The summed E-state index contributed by atoms with van der Waals surface area (Å²) in [5.74, 6) is 0.279. The molecule has 2 aromatic heterocycles. The highest BCUT2D eigenvalue weighted by Gasteiger charge is 2.35. The van der Waals surface area contributed by atoms with Gasteiger partial charge in [0.15, 0.2) is 0 Å². The predicted molar refractivity (Wildman–Crippen MR) is 85.8 cm³/mol. The minimum Gasteiger partial charge on any atom is -0.373 e. The Morgan fingerprint density at radius 2 is 2.50 bits per heavy atom. The first-order chi connectivity index (χ1) is 10.6. The van der Waals surface area contributed by atoms with Crippen molar-refractivity contribution >= 4 is 17.2 Å². The molecule has 1 N–H and O–H groups in total. The maximum atomic E-state index is 12.5. The first kappa shape index (κ1) is 15.2. The predicted octanol–water partition coefficient (Wildman–Crippen LogP) is 2.48. The van der Waals surface area contributed by atoms with Gasteiger partial charge in [0.05, 0.1) is 18.2 Å². The number of aromatic nitrogens is 2. The molecule has 1 aliphatic heterocycles. The summed E-state index contributed by atoms with van der Waals surface area (Å²) in [5.41, 5.74) is 2.25. The molecule has 0 spiro atoms. The van der Waals surface area contributed by atoms with Crippen LogP contribution in [-0.2, 0) is 16.6 Å². The monoisotopic (exact) mass is 319 g/mol. The Labute approximate surface area is 134 Å². The lowest BCUT2D eigenvalue weighted by atomic mass is 9.96. The van der Waals surface area contributed by atoms with Crippen LogP contribution in [0, 0.1) is 5.92 Å². The molecule has 0 aromatic carbocycles. The molecule has 2 aromatic rings. The van der Waals surface area contributed by atoms with Crippen molar-refractivity contribution in [3.05, 3.63) is 40.3 Å². The van der Waals surface area contributed by atoms with Gasteiger partial charge in [0, 0.05) is 32.0 Å². The van der Waals surface area contributed by atoms with Crippen LogP contribution in [0.15, 0.2) is 29.2 Å². The van der Waals surface area contributed by atoms with Gasteiger partial charge in [-0.3, -0.25) is 9.48 Å². The third-order valence-electron chi connectivity index (χ3n) is 4.18. The Morgan fingerprint density at radius 1 is 1.64 bits per heavy atom. The van der Waals surface area contributed by atoms with E-state index >= 15 is 0 Å². The first-order valence-corrected chi connectivity index (χ1v) is 8.49. The molecule has 3 rings (SSSR count). The van der Waals surface area contributed by atoms with Crippen LogP contribution < -0.4 is 5.32 Å². The van der Waals surface area contributed by atoms with Crippen molar-refractivity contribution < 1.29 is 9.53 Å². The zero-order valence-corrected chi connectivity index (χ0v) is 13.7. The molecule has 6 heteroatoms. The molecule has 0 unspecified atom stereocenters. The molecule has 3 atom stereocenters. The SMILES string of the molecule is C[C@@H](CNC(=O)[C@H]1CCO[C@@H]1c1cnn(C)c1)c1ccsc1. The van der Waals surface area contributed by atoms with Gasteiger partial charge in [0.2, 0.25) is 5.91 Å². The number of amides is 1. The maximum absolute atomic E-state index is 12.5. The van der Waals surface area contributed by atoms with Gasteiger partial charge < -0.3 is 10.1 Å². The Balaban J connectivity index is 1.59. The van der Waals surface area contributed by atoms with Gasteiger partial charge in [-0.15, -0.1) is 0 Å². The average Bonchev–Trinajstić information content (AvgIpc) is 3.23. The summed E-state index contributed by atoms with van der Waals surface area (Å²) in [6.45, 7) is 3.41. The van der Waals surface area contributed by atoms with E-state index in [1.165, 1.54) is 5.56 Å². The minimum absolute atomic E-state index is 0.0773. The summed E-state index contributed by atoms with van der Waals surface area (Å²) < 4.78 is 7.49. The maximum Gasteiger partial charge on any atom is 0.226 e. The van der Waals surface area contributed by atoms with Crippen LogP contribution in [-0.4, -0.2) is 28.8 Å². The van der Waals surface area contributed by atoms with Gasteiger partial charge in [0.25, 0.3) is 0 Å². The lowest BCUT2D eigenvalue weighted by Gasteiger charge is -2.18. The Kier molecular flexibility index (Phi) is 4.59. The Morgan fingerprint density at radius 3 is 3.18 bits per heavy atom. The van der Waals surface area contributed by atoms with Gasteiger partial charge in [0.1, 0.15) is 0 Å². The Hall–Kier alpha value is -1.66. The smallest absolute Gasteiger partial charge is 0.226 e. The lowest BCUT2D eigenvalue weighted by Crippen LogP contribution is -2.34. The second-order valence-electron chi connectivity index (χ2n) is 5.84. The highest BCUT2D eigenvalue weighted by molar-refractivity contribution is 7.07. The normalized spacial score (nSPS) is 22.6. The topological polar surface area (TPSA) is 56.1 Å². The molecule has 1 saturated heterocycles. The molecular weight excluding hydrogens is 298 g/mol. The van der Waals surface area contributed by atoms with Crippen LogP contribution in [0.2, 0.25) is 0 Å².